The van der Waals surface area contributed by atoms with Gasteiger partial charge in [-0.3, -0.25) is 9.36 Å². The highest BCUT2D eigenvalue weighted by Crippen LogP contribution is 2.15. The van der Waals surface area contributed by atoms with Gasteiger partial charge in [-0.1, -0.05) is 19.0 Å². The van der Waals surface area contributed by atoms with Gasteiger partial charge in [-0.15, -0.1) is 0 Å². The van der Waals surface area contributed by atoms with Crippen molar-refractivity contribution in [2.45, 2.75) is 53.2 Å². The standard InChI is InChI=1S/C16H24N4O3/c1-10(2)14-8-13(23-19-14)9-17-15(21)5-6-20-12(4)7-11(3)18-16(20)22/h7,10,13H,5-6,8-9H2,1-4H3,(H,17,21). The summed E-state index contributed by atoms with van der Waals surface area (Å²) in [5.41, 5.74) is 2.21. The molecule has 0 fully saturated rings. The van der Waals surface area contributed by atoms with Gasteiger partial charge in [0, 0.05) is 30.8 Å². The SMILES string of the molecule is Cc1cc(C)n(CCC(=O)NCC2CC(C(C)C)=NO2)c(=O)n1. The molecule has 1 aliphatic rings. The minimum absolute atomic E-state index is 0.0955. The second kappa shape index (κ2) is 7.39. The number of hydrogen-bond acceptors (Lipinski definition) is 5. The summed E-state index contributed by atoms with van der Waals surface area (Å²) in [4.78, 5) is 32.9. The molecule has 1 amide bonds. The predicted molar refractivity (Wildman–Crippen MR) is 87.4 cm³/mol. The second-order valence-corrected chi connectivity index (χ2v) is 6.20. The molecule has 0 aromatic carbocycles. The van der Waals surface area contributed by atoms with Gasteiger partial charge in [0.2, 0.25) is 5.91 Å². The molecule has 0 saturated heterocycles. The molecule has 1 aromatic heterocycles. The van der Waals surface area contributed by atoms with E-state index in [0.717, 1.165) is 17.8 Å². The van der Waals surface area contributed by atoms with E-state index in [2.05, 4.69) is 29.3 Å². The lowest BCUT2D eigenvalue weighted by Crippen LogP contribution is -2.34. The van der Waals surface area contributed by atoms with Gasteiger partial charge in [-0.2, -0.15) is 4.98 Å². The fourth-order valence-corrected chi connectivity index (χ4v) is 2.48. The van der Waals surface area contributed by atoms with E-state index in [9.17, 15) is 9.59 Å². The van der Waals surface area contributed by atoms with Crippen LogP contribution in [0.15, 0.2) is 16.0 Å². The number of oxime groups is 1. The highest BCUT2D eigenvalue weighted by molar-refractivity contribution is 5.87. The van der Waals surface area contributed by atoms with Crippen LogP contribution in [0.4, 0.5) is 0 Å². The smallest absolute Gasteiger partial charge is 0.347 e. The van der Waals surface area contributed by atoms with E-state index in [1.54, 1.807) is 6.92 Å². The molecule has 126 valence electrons. The molecular weight excluding hydrogens is 296 g/mol. The maximum Gasteiger partial charge on any atom is 0.347 e. The number of aromatic nitrogens is 2. The van der Waals surface area contributed by atoms with E-state index in [1.165, 1.54) is 4.57 Å². The maximum atomic E-state index is 11.9. The fourth-order valence-electron chi connectivity index (χ4n) is 2.48. The molecule has 0 spiro atoms. The van der Waals surface area contributed by atoms with Crippen molar-refractivity contribution in [2.24, 2.45) is 11.1 Å². The number of rotatable bonds is 6. The average Bonchev–Trinajstić information content (AvgIpc) is 2.93. The molecule has 23 heavy (non-hydrogen) atoms. The van der Waals surface area contributed by atoms with Crippen LogP contribution in [0.1, 0.15) is 38.1 Å². The lowest BCUT2D eigenvalue weighted by Gasteiger charge is -2.12. The molecule has 1 aliphatic heterocycles. The van der Waals surface area contributed by atoms with Crippen molar-refractivity contribution in [3.05, 3.63) is 27.9 Å². The van der Waals surface area contributed by atoms with E-state index in [0.29, 0.717) is 24.7 Å². The third-order valence-electron chi connectivity index (χ3n) is 3.86. The summed E-state index contributed by atoms with van der Waals surface area (Å²) in [5.74, 6) is 0.248. The molecule has 1 atom stereocenters. The first kappa shape index (κ1) is 17.2. The third kappa shape index (κ3) is 4.64. The molecule has 7 heteroatoms. The van der Waals surface area contributed by atoms with Crippen LogP contribution in [0.3, 0.4) is 0 Å². The molecule has 0 radical (unpaired) electrons. The van der Waals surface area contributed by atoms with Crippen LogP contribution in [0.2, 0.25) is 0 Å². The zero-order valence-electron chi connectivity index (χ0n) is 14.1. The first-order valence-electron chi connectivity index (χ1n) is 7.91. The maximum absolute atomic E-state index is 11.9. The Hall–Kier alpha value is -2.18. The monoisotopic (exact) mass is 320 g/mol. The van der Waals surface area contributed by atoms with Gasteiger partial charge in [0.15, 0.2) is 0 Å². The Kier molecular flexibility index (Phi) is 5.52. The zero-order chi connectivity index (χ0) is 17.0. The van der Waals surface area contributed by atoms with Gasteiger partial charge < -0.3 is 10.2 Å². The molecule has 2 rings (SSSR count). The molecule has 0 saturated carbocycles. The van der Waals surface area contributed by atoms with Crippen molar-refractivity contribution in [2.75, 3.05) is 6.54 Å². The minimum atomic E-state index is -0.315. The molecule has 7 nitrogen and oxygen atoms in total. The minimum Gasteiger partial charge on any atom is -0.390 e. The van der Waals surface area contributed by atoms with Gasteiger partial charge in [-0.05, 0) is 25.8 Å². The van der Waals surface area contributed by atoms with Crippen molar-refractivity contribution < 1.29 is 9.63 Å². The van der Waals surface area contributed by atoms with Crippen LogP contribution >= 0.6 is 0 Å². The zero-order valence-corrected chi connectivity index (χ0v) is 14.1. The summed E-state index contributed by atoms with van der Waals surface area (Å²) in [6.07, 6.45) is 0.885. The van der Waals surface area contributed by atoms with E-state index in [1.807, 2.05) is 13.0 Å². The van der Waals surface area contributed by atoms with E-state index < -0.39 is 0 Å². The van der Waals surface area contributed by atoms with Crippen LogP contribution < -0.4 is 11.0 Å². The summed E-state index contributed by atoms with van der Waals surface area (Å²) in [6, 6.07) is 1.83. The molecule has 0 aliphatic carbocycles. The lowest BCUT2D eigenvalue weighted by molar-refractivity contribution is -0.121. The third-order valence-corrected chi connectivity index (χ3v) is 3.86. The first-order valence-corrected chi connectivity index (χ1v) is 7.91. The molecule has 2 heterocycles. The fraction of sp³-hybridized carbons (Fsp3) is 0.625. The Bertz CT molecular complexity index is 664. The van der Waals surface area contributed by atoms with Crippen molar-refractivity contribution in [3.8, 4) is 0 Å². The van der Waals surface area contributed by atoms with Crippen LogP contribution in [-0.4, -0.2) is 33.8 Å². The highest BCUT2D eigenvalue weighted by Gasteiger charge is 2.23. The van der Waals surface area contributed by atoms with Crippen molar-refractivity contribution in [1.82, 2.24) is 14.9 Å². The van der Waals surface area contributed by atoms with Gasteiger partial charge >= 0.3 is 5.69 Å². The number of hydrogen-bond donors (Lipinski definition) is 1. The van der Waals surface area contributed by atoms with Crippen molar-refractivity contribution in [1.29, 1.82) is 0 Å². The number of amides is 1. The van der Waals surface area contributed by atoms with E-state index in [4.69, 9.17) is 4.84 Å². The highest BCUT2D eigenvalue weighted by atomic mass is 16.6. The lowest BCUT2D eigenvalue weighted by atomic mass is 10.0. The Morgan fingerprint density at radius 3 is 2.83 bits per heavy atom. The molecule has 1 aromatic rings. The molecule has 1 unspecified atom stereocenters. The summed E-state index contributed by atoms with van der Waals surface area (Å²) in [7, 11) is 0. The largest absolute Gasteiger partial charge is 0.390 e. The quantitative estimate of drug-likeness (QED) is 0.852. The number of nitrogens with zero attached hydrogens (tertiary/aromatic N) is 3. The first-order chi connectivity index (χ1) is 10.9. The molecular formula is C16H24N4O3. The van der Waals surface area contributed by atoms with Crippen molar-refractivity contribution in [3.63, 3.8) is 0 Å². The van der Waals surface area contributed by atoms with Gasteiger partial charge in [0.25, 0.3) is 0 Å². The van der Waals surface area contributed by atoms with E-state index in [-0.39, 0.29) is 24.1 Å². The second-order valence-electron chi connectivity index (χ2n) is 6.20. The summed E-state index contributed by atoms with van der Waals surface area (Å²) in [6.45, 7) is 8.50. The Balaban J connectivity index is 1.78. The van der Waals surface area contributed by atoms with Gasteiger partial charge in [-0.25, -0.2) is 4.79 Å². The average molecular weight is 320 g/mol. The summed E-state index contributed by atoms with van der Waals surface area (Å²) >= 11 is 0. The normalized spacial score (nSPS) is 17.1. The van der Waals surface area contributed by atoms with Crippen LogP contribution in [0, 0.1) is 19.8 Å². The predicted octanol–water partition coefficient (Wildman–Crippen LogP) is 1.17. The number of carbonyl (C=O) groups excluding carboxylic acids is 1. The van der Waals surface area contributed by atoms with Crippen LogP contribution in [-0.2, 0) is 16.2 Å². The van der Waals surface area contributed by atoms with Gasteiger partial charge in [0.05, 0.1) is 12.3 Å². The molecule has 0 bridgehead atoms. The summed E-state index contributed by atoms with van der Waals surface area (Å²) < 4.78 is 1.51. The van der Waals surface area contributed by atoms with Gasteiger partial charge in [0.1, 0.15) is 6.10 Å². The summed E-state index contributed by atoms with van der Waals surface area (Å²) in [5, 5.41) is 6.86. The number of nitrogens with one attached hydrogen (secondary N) is 1. The number of aryl methyl sites for hydroxylation is 2. The molecule has 1 N–H and O–H groups in total. The Morgan fingerprint density at radius 2 is 2.22 bits per heavy atom. The van der Waals surface area contributed by atoms with Crippen molar-refractivity contribution >= 4 is 11.6 Å². The van der Waals surface area contributed by atoms with Crippen LogP contribution in [0.25, 0.3) is 0 Å². The Morgan fingerprint density at radius 1 is 1.48 bits per heavy atom. The Labute approximate surface area is 135 Å². The van der Waals surface area contributed by atoms with E-state index >= 15 is 0 Å². The number of carbonyl (C=O) groups is 1. The topological polar surface area (TPSA) is 85.6 Å². The van der Waals surface area contributed by atoms with Crippen LogP contribution in [0.5, 0.6) is 0 Å².